The fourth-order valence-electron chi connectivity index (χ4n) is 2.68. The van der Waals surface area contributed by atoms with Gasteiger partial charge in [-0.15, -0.1) is 0 Å². The summed E-state index contributed by atoms with van der Waals surface area (Å²) < 4.78 is 5.75. The maximum atomic E-state index is 5.75. The van der Waals surface area contributed by atoms with Crippen LogP contribution in [0.15, 0.2) is 0 Å². The van der Waals surface area contributed by atoms with E-state index in [0.717, 1.165) is 19.3 Å². The van der Waals surface area contributed by atoms with Crippen LogP contribution in [0.5, 0.6) is 0 Å². The molecule has 1 atom stereocenters. The molecule has 1 aliphatic carbocycles. The van der Waals surface area contributed by atoms with Crippen molar-refractivity contribution >= 4 is 11.8 Å². The van der Waals surface area contributed by atoms with Crippen molar-refractivity contribution in [2.75, 3.05) is 31.3 Å². The van der Waals surface area contributed by atoms with Gasteiger partial charge in [0.05, 0.1) is 6.61 Å². The summed E-state index contributed by atoms with van der Waals surface area (Å²) in [5, 5.41) is 3.72. The molecular weight excluding hydrogens is 230 g/mol. The lowest BCUT2D eigenvalue weighted by Gasteiger charge is -2.37. The molecule has 2 aliphatic rings. The van der Waals surface area contributed by atoms with E-state index >= 15 is 0 Å². The van der Waals surface area contributed by atoms with E-state index in [9.17, 15) is 0 Å². The Bertz CT molecular complexity index is 212. The second kappa shape index (κ2) is 7.01. The molecule has 2 nitrogen and oxygen atoms in total. The molecule has 1 N–H and O–H groups in total. The number of hydrogen-bond donors (Lipinski definition) is 1. The van der Waals surface area contributed by atoms with E-state index in [1.165, 1.54) is 56.6 Å². The van der Waals surface area contributed by atoms with Crippen molar-refractivity contribution < 1.29 is 4.74 Å². The molecule has 100 valence electrons. The molecule has 1 aliphatic heterocycles. The SMILES string of the molecule is CCSCCCC1(CNC2CC2)CCCOC1. The highest BCUT2D eigenvalue weighted by atomic mass is 32.2. The third-order valence-electron chi connectivity index (χ3n) is 3.95. The van der Waals surface area contributed by atoms with E-state index in [1.54, 1.807) is 0 Å². The van der Waals surface area contributed by atoms with Gasteiger partial charge in [-0.05, 0) is 50.0 Å². The largest absolute Gasteiger partial charge is 0.381 e. The van der Waals surface area contributed by atoms with Crippen LogP contribution in [-0.2, 0) is 4.74 Å². The number of ether oxygens (including phenoxy) is 1. The number of nitrogens with one attached hydrogen (secondary N) is 1. The van der Waals surface area contributed by atoms with Gasteiger partial charge in [0.2, 0.25) is 0 Å². The molecule has 0 aromatic heterocycles. The van der Waals surface area contributed by atoms with Gasteiger partial charge in [0.25, 0.3) is 0 Å². The quantitative estimate of drug-likeness (QED) is 0.675. The van der Waals surface area contributed by atoms with Gasteiger partial charge in [0, 0.05) is 24.6 Å². The Kier molecular flexibility index (Phi) is 5.64. The van der Waals surface area contributed by atoms with Crippen LogP contribution in [0.1, 0.15) is 45.4 Å². The molecule has 1 heterocycles. The number of rotatable bonds is 8. The van der Waals surface area contributed by atoms with Gasteiger partial charge in [-0.3, -0.25) is 0 Å². The van der Waals surface area contributed by atoms with Crippen LogP contribution in [-0.4, -0.2) is 37.3 Å². The molecule has 2 fully saturated rings. The molecule has 0 amide bonds. The highest BCUT2D eigenvalue weighted by Gasteiger charge is 2.34. The Labute approximate surface area is 110 Å². The fourth-order valence-corrected chi connectivity index (χ4v) is 3.31. The van der Waals surface area contributed by atoms with Crippen molar-refractivity contribution in [3.63, 3.8) is 0 Å². The predicted molar refractivity (Wildman–Crippen MR) is 75.7 cm³/mol. The third-order valence-corrected chi connectivity index (χ3v) is 4.93. The topological polar surface area (TPSA) is 21.3 Å². The van der Waals surface area contributed by atoms with E-state index in [4.69, 9.17) is 4.74 Å². The minimum atomic E-state index is 0.454. The number of thioether (sulfide) groups is 1. The smallest absolute Gasteiger partial charge is 0.0534 e. The summed E-state index contributed by atoms with van der Waals surface area (Å²) in [5.74, 6) is 2.57. The molecule has 1 saturated carbocycles. The van der Waals surface area contributed by atoms with Gasteiger partial charge in [0.15, 0.2) is 0 Å². The normalized spacial score (nSPS) is 29.5. The summed E-state index contributed by atoms with van der Waals surface area (Å²) in [7, 11) is 0. The molecular formula is C14H27NOS. The van der Waals surface area contributed by atoms with Crippen molar-refractivity contribution in [1.29, 1.82) is 0 Å². The zero-order chi connectivity index (χ0) is 12.0. The average molecular weight is 257 g/mol. The molecule has 0 radical (unpaired) electrons. The van der Waals surface area contributed by atoms with Gasteiger partial charge in [0.1, 0.15) is 0 Å². The molecule has 0 bridgehead atoms. The minimum Gasteiger partial charge on any atom is -0.381 e. The lowest BCUT2D eigenvalue weighted by Crippen LogP contribution is -2.41. The molecule has 1 saturated heterocycles. The Hall–Kier alpha value is 0.270. The van der Waals surface area contributed by atoms with Crippen molar-refractivity contribution in [3.05, 3.63) is 0 Å². The third kappa shape index (κ3) is 4.80. The molecule has 1 unspecified atom stereocenters. The van der Waals surface area contributed by atoms with Gasteiger partial charge in [-0.2, -0.15) is 11.8 Å². The minimum absolute atomic E-state index is 0.454. The van der Waals surface area contributed by atoms with E-state index in [2.05, 4.69) is 24.0 Å². The zero-order valence-electron chi connectivity index (χ0n) is 11.2. The number of hydrogen-bond acceptors (Lipinski definition) is 3. The first-order chi connectivity index (χ1) is 8.35. The summed E-state index contributed by atoms with van der Waals surface area (Å²) in [6, 6.07) is 0.832. The summed E-state index contributed by atoms with van der Waals surface area (Å²) in [6.45, 7) is 5.41. The predicted octanol–water partition coefficient (Wildman–Crippen LogP) is 3.07. The molecule has 3 heteroatoms. The van der Waals surface area contributed by atoms with E-state index in [1.807, 2.05) is 0 Å². The van der Waals surface area contributed by atoms with Gasteiger partial charge < -0.3 is 10.1 Å². The zero-order valence-corrected chi connectivity index (χ0v) is 12.0. The van der Waals surface area contributed by atoms with Crippen LogP contribution < -0.4 is 5.32 Å². The monoisotopic (exact) mass is 257 g/mol. The summed E-state index contributed by atoms with van der Waals surface area (Å²) >= 11 is 2.07. The molecule has 0 aromatic carbocycles. The molecule has 17 heavy (non-hydrogen) atoms. The second-order valence-electron chi connectivity index (χ2n) is 5.61. The van der Waals surface area contributed by atoms with Crippen molar-refractivity contribution in [2.24, 2.45) is 5.41 Å². The van der Waals surface area contributed by atoms with Crippen LogP contribution in [0.4, 0.5) is 0 Å². The van der Waals surface area contributed by atoms with Crippen molar-refractivity contribution in [1.82, 2.24) is 5.32 Å². The Morgan fingerprint density at radius 2 is 2.29 bits per heavy atom. The van der Waals surface area contributed by atoms with E-state index in [0.29, 0.717) is 5.41 Å². The van der Waals surface area contributed by atoms with E-state index < -0.39 is 0 Å². The first-order valence-corrected chi connectivity index (χ1v) is 8.39. The standard InChI is InChI=1S/C14H27NOS/c1-2-17-10-4-8-14(7-3-9-16-12-14)11-15-13-5-6-13/h13,15H,2-12H2,1H3. The highest BCUT2D eigenvalue weighted by molar-refractivity contribution is 7.99. The van der Waals surface area contributed by atoms with Crippen LogP contribution >= 0.6 is 11.8 Å². The lowest BCUT2D eigenvalue weighted by atomic mass is 9.78. The van der Waals surface area contributed by atoms with Gasteiger partial charge in [-0.25, -0.2) is 0 Å². The highest BCUT2D eigenvalue weighted by Crippen LogP contribution is 2.34. The molecule has 0 aromatic rings. The summed E-state index contributed by atoms with van der Waals surface area (Å²) in [5.41, 5.74) is 0.454. The first kappa shape index (κ1) is 13.7. The van der Waals surface area contributed by atoms with Gasteiger partial charge in [-0.1, -0.05) is 6.92 Å². The maximum absolute atomic E-state index is 5.75. The second-order valence-corrected chi connectivity index (χ2v) is 7.01. The lowest BCUT2D eigenvalue weighted by molar-refractivity contribution is -0.0124. The van der Waals surface area contributed by atoms with Crippen LogP contribution in [0.3, 0.4) is 0 Å². The summed E-state index contributed by atoms with van der Waals surface area (Å²) in [4.78, 5) is 0. The van der Waals surface area contributed by atoms with Crippen molar-refractivity contribution in [3.8, 4) is 0 Å². The van der Waals surface area contributed by atoms with E-state index in [-0.39, 0.29) is 0 Å². The van der Waals surface area contributed by atoms with Crippen molar-refractivity contribution in [2.45, 2.75) is 51.5 Å². The van der Waals surface area contributed by atoms with Crippen LogP contribution in [0, 0.1) is 5.41 Å². The first-order valence-electron chi connectivity index (χ1n) is 7.23. The Morgan fingerprint density at radius 1 is 1.41 bits per heavy atom. The van der Waals surface area contributed by atoms with Crippen LogP contribution in [0.25, 0.3) is 0 Å². The van der Waals surface area contributed by atoms with Crippen LogP contribution in [0.2, 0.25) is 0 Å². The maximum Gasteiger partial charge on any atom is 0.0534 e. The summed E-state index contributed by atoms with van der Waals surface area (Å²) in [6.07, 6.45) is 8.11. The van der Waals surface area contributed by atoms with Gasteiger partial charge >= 0.3 is 0 Å². The average Bonchev–Trinajstić information content (AvgIpc) is 3.18. The Morgan fingerprint density at radius 3 is 2.94 bits per heavy atom. The molecule has 0 spiro atoms. The fraction of sp³-hybridized carbons (Fsp3) is 1.00. The Balaban J connectivity index is 1.73. The molecule has 2 rings (SSSR count).